The monoisotopic (exact) mass is 562 g/mol. The van der Waals surface area contributed by atoms with E-state index in [4.69, 9.17) is 9.47 Å². The zero-order chi connectivity index (χ0) is 28.7. The fraction of sp³-hybridized carbons (Fsp3) is 0.548. The van der Waals surface area contributed by atoms with Crippen LogP contribution in [0.4, 0.5) is 4.39 Å². The standard InChI is InChI=1S/C31H39FN6O3/c1-20(41-16-13-37-11-9-31(2,3)10-12-37)26-6-5-21(19-33-26)23-17-24-27(18-25(23)32)34-35-29-28(24)38(30(39)36(29)4)22-7-14-40-15-8-22/h5-6,17-20,22H,7-16H2,1-4H3/t20-/m1/s1. The number of aryl methyl sites for hydroxylation is 1. The molecule has 2 fully saturated rings. The van der Waals surface area contributed by atoms with E-state index in [1.807, 2.05) is 19.1 Å². The molecule has 0 N–H and O–H groups in total. The van der Waals surface area contributed by atoms with Crippen LogP contribution in [0.15, 0.2) is 35.3 Å². The average molecular weight is 563 g/mol. The summed E-state index contributed by atoms with van der Waals surface area (Å²) in [5.41, 5.74) is 3.72. The number of hydrogen-bond acceptors (Lipinski definition) is 7. The van der Waals surface area contributed by atoms with Crippen molar-refractivity contribution in [3.05, 3.63) is 52.5 Å². The summed E-state index contributed by atoms with van der Waals surface area (Å²) in [7, 11) is 1.70. The van der Waals surface area contributed by atoms with Crippen LogP contribution in [0.1, 0.15) is 64.3 Å². The SMILES string of the molecule is C[C@@H](OCCN1CCC(C)(C)CC1)c1ccc(-c2cc3c(cc2F)nnc2c3n(C3CCOCC3)c(=O)n2C)cn1. The van der Waals surface area contributed by atoms with E-state index in [9.17, 15) is 4.79 Å². The highest BCUT2D eigenvalue weighted by atomic mass is 19.1. The third-order valence-electron chi connectivity index (χ3n) is 8.91. The summed E-state index contributed by atoms with van der Waals surface area (Å²) in [6, 6.07) is 6.93. The maximum Gasteiger partial charge on any atom is 0.330 e. The fourth-order valence-electron chi connectivity index (χ4n) is 6.05. The Bertz CT molecular complexity index is 1600. The summed E-state index contributed by atoms with van der Waals surface area (Å²) in [6.45, 7) is 11.7. The normalized spacial score (nSPS) is 19.2. The molecule has 9 nitrogen and oxygen atoms in total. The van der Waals surface area contributed by atoms with Gasteiger partial charge in [0.25, 0.3) is 0 Å². The molecule has 2 aliphatic rings. The van der Waals surface area contributed by atoms with Crippen molar-refractivity contribution in [3.63, 3.8) is 0 Å². The van der Waals surface area contributed by atoms with Gasteiger partial charge in [-0.25, -0.2) is 9.18 Å². The smallest absolute Gasteiger partial charge is 0.330 e. The van der Waals surface area contributed by atoms with Crippen molar-refractivity contribution in [2.75, 3.05) is 39.5 Å². The third kappa shape index (κ3) is 5.52. The van der Waals surface area contributed by atoms with E-state index in [0.717, 1.165) is 38.2 Å². The summed E-state index contributed by atoms with van der Waals surface area (Å²) in [6.07, 6.45) is 5.42. The van der Waals surface area contributed by atoms with Crippen LogP contribution in [-0.4, -0.2) is 68.7 Å². The highest BCUT2D eigenvalue weighted by molar-refractivity contribution is 6.02. The van der Waals surface area contributed by atoms with Gasteiger partial charge in [-0.3, -0.25) is 14.1 Å². The topological polar surface area (TPSA) is 87.3 Å². The van der Waals surface area contributed by atoms with Crippen LogP contribution in [0.5, 0.6) is 0 Å². The molecule has 0 amide bonds. The van der Waals surface area contributed by atoms with E-state index >= 15 is 4.39 Å². The molecule has 5 heterocycles. The molecule has 0 aliphatic carbocycles. The van der Waals surface area contributed by atoms with Gasteiger partial charge in [0.05, 0.1) is 23.9 Å². The van der Waals surface area contributed by atoms with Crippen molar-refractivity contribution >= 4 is 22.1 Å². The summed E-state index contributed by atoms with van der Waals surface area (Å²) in [5, 5.41) is 9.23. The number of imidazole rings is 1. The quantitative estimate of drug-likeness (QED) is 0.312. The zero-order valence-electron chi connectivity index (χ0n) is 24.4. The maximum atomic E-state index is 15.4. The van der Waals surface area contributed by atoms with E-state index in [1.54, 1.807) is 23.9 Å². The first-order valence-electron chi connectivity index (χ1n) is 14.7. The Kier molecular flexibility index (Phi) is 7.65. The molecule has 218 valence electrons. The summed E-state index contributed by atoms with van der Waals surface area (Å²) in [5.74, 6) is -0.411. The molecule has 2 saturated heterocycles. The lowest BCUT2D eigenvalue weighted by molar-refractivity contribution is 0.0325. The van der Waals surface area contributed by atoms with Crippen molar-refractivity contribution in [2.45, 2.75) is 58.6 Å². The van der Waals surface area contributed by atoms with E-state index in [2.05, 4.69) is 33.9 Å². The Morgan fingerprint density at radius 2 is 1.90 bits per heavy atom. The lowest BCUT2D eigenvalue weighted by Crippen LogP contribution is -2.39. The van der Waals surface area contributed by atoms with Gasteiger partial charge in [0.2, 0.25) is 0 Å². The zero-order valence-corrected chi connectivity index (χ0v) is 24.4. The summed E-state index contributed by atoms with van der Waals surface area (Å²) >= 11 is 0. The van der Waals surface area contributed by atoms with Crippen LogP contribution >= 0.6 is 0 Å². The number of ether oxygens (including phenoxy) is 2. The second-order valence-electron chi connectivity index (χ2n) is 12.3. The number of nitrogens with zero attached hydrogens (tertiary/aromatic N) is 6. The van der Waals surface area contributed by atoms with Crippen LogP contribution in [0, 0.1) is 11.2 Å². The Labute approximate surface area is 239 Å². The van der Waals surface area contributed by atoms with Crippen LogP contribution in [0.25, 0.3) is 33.2 Å². The highest BCUT2D eigenvalue weighted by Crippen LogP contribution is 2.33. The first kappa shape index (κ1) is 27.9. The molecule has 4 aromatic rings. The van der Waals surface area contributed by atoms with Gasteiger partial charge in [0.1, 0.15) is 11.3 Å². The van der Waals surface area contributed by atoms with E-state index in [1.165, 1.54) is 23.5 Å². The Morgan fingerprint density at radius 1 is 1.15 bits per heavy atom. The van der Waals surface area contributed by atoms with Crippen molar-refractivity contribution in [1.29, 1.82) is 0 Å². The van der Waals surface area contributed by atoms with Crippen molar-refractivity contribution < 1.29 is 13.9 Å². The molecule has 0 bridgehead atoms. The number of rotatable bonds is 7. The molecule has 1 aromatic carbocycles. The lowest BCUT2D eigenvalue weighted by atomic mass is 9.83. The number of likely N-dealkylation sites (tertiary alicyclic amines) is 1. The highest BCUT2D eigenvalue weighted by Gasteiger charge is 2.26. The van der Waals surface area contributed by atoms with Crippen molar-refractivity contribution in [3.8, 4) is 11.1 Å². The number of piperidine rings is 1. The maximum absolute atomic E-state index is 15.4. The van der Waals surface area contributed by atoms with Gasteiger partial charge in [-0.15, -0.1) is 10.2 Å². The second-order valence-corrected chi connectivity index (χ2v) is 12.3. The Hall–Kier alpha value is -3.21. The largest absolute Gasteiger partial charge is 0.381 e. The van der Waals surface area contributed by atoms with Gasteiger partial charge in [-0.1, -0.05) is 19.9 Å². The van der Waals surface area contributed by atoms with Crippen LogP contribution in [-0.2, 0) is 16.5 Å². The molecule has 0 radical (unpaired) electrons. The Morgan fingerprint density at radius 3 is 2.61 bits per heavy atom. The molecule has 3 aromatic heterocycles. The minimum absolute atomic E-state index is 0.00921. The molecule has 6 rings (SSSR count). The van der Waals surface area contributed by atoms with Gasteiger partial charge in [0, 0.05) is 61.6 Å². The summed E-state index contributed by atoms with van der Waals surface area (Å²) in [4.78, 5) is 20.4. The molecular formula is C31H39FN6O3. The Balaban J connectivity index is 1.24. The first-order valence-corrected chi connectivity index (χ1v) is 14.7. The minimum Gasteiger partial charge on any atom is -0.381 e. The van der Waals surface area contributed by atoms with Crippen molar-refractivity contribution in [1.82, 2.24) is 29.2 Å². The molecule has 1 atom stereocenters. The number of hydrogen-bond donors (Lipinski definition) is 0. The van der Waals surface area contributed by atoms with E-state index < -0.39 is 5.82 Å². The molecule has 0 spiro atoms. The van der Waals surface area contributed by atoms with Gasteiger partial charge in [0.15, 0.2) is 5.65 Å². The number of pyridine rings is 1. The van der Waals surface area contributed by atoms with Crippen LogP contribution < -0.4 is 5.69 Å². The number of fused-ring (bicyclic) bond motifs is 3. The van der Waals surface area contributed by atoms with Crippen molar-refractivity contribution in [2.24, 2.45) is 12.5 Å². The van der Waals surface area contributed by atoms with Gasteiger partial charge >= 0.3 is 5.69 Å². The van der Waals surface area contributed by atoms with Gasteiger partial charge in [-0.05, 0) is 63.2 Å². The fourth-order valence-corrected chi connectivity index (χ4v) is 6.05. The number of benzene rings is 1. The average Bonchev–Trinajstić information content (AvgIpc) is 3.23. The predicted octanol–water partition coefficient (Wildman–Crippen LogP) is 5.04. The second kappa shape index (κ2) is 11.2. The van der Waals surface area contributed by atoms with E-state index in [-0.39, 0.29) is 17.8 Å². The predicted molar refractivity (Wildman–Crippen MR) is 156 cm³/mol. The molecule has 10 heteroatoms. The first-order chi connectivity index (χ1) is 19.7. The van der Waals surface area contributed by atoms with E-state index in [0.29, 0.717) is 58.4 Å². The molecule has 0 unspecified atom stereocenters. The molecular weight excluding hydrogens is 523 g/mol. The number of aromatic nitrogens is 5. The molecule has 2 aliphatic heterocycles. The van der Waals surface area contributed by atoms with Gasteiger partial charge in [-0.2, -0.15) is 0 Å². The van der Waals surface area contributed by atoms with Gasteiger partial charge < -0.3 is 14.4 Å². The molecule has 0 saturated carbocycles. The summed E-state index contributed by atoms with van der Waals surface area (Å²) < 4.78 is 30.3. The molecule has 41 heavy (non-hydrogen) atoms. The lowest BCUT2D eigenvalue weighted by Gasteiger charge is -2.36. The third-order valence-corrected chi connectivity index (χ3v) is 8.91. The minimum atomic E-state index is -0.411. The van der Waals surface area contributed by atoms with Crippen LogP contribution in [0.3, 0.4) is 0 Å². The number of halogens is 1. The van der Waals surface area contributed by atoms with Crippen LogP contribution in [0.2, 0.25) is 0 Å².